The Morgan fingerprint density at radius 3 is 3.05 bits per heavy atom. The molecule has 0 saturated carbocycles. The van der Waals surface area contributed by atoms with Crippen LogP contribution in [0.15, 0.2) is 42.0 Å². The standard InChI is InChI=1S/C14H14N4S/c1-10(14-15-6-7-19-14)8-16-13-9-17-18-12-5-3-2-4-11(12)13/h2-7,9-10H,8H2,1H3,(H,16,18). The molecule has 5 heteroatoms. The highest BCUT2D eigenvalue weighted by Gasteiger charge is 2.09. The number of hydrogen-bond acceptors (Lipinski definition) is 5. The van der Waals surface area contributed by atoms with Gasteiger partial charge in [-0.15, -0.1) is 11.3 Å². The van der Waals surface area contributed by atoms with Gasteiger partial charge in [-0.1, -0.05) is 25.1 Å². The molecule has 0 bridgehead atoms. The fraction of sp³-hybridized carbons (Fsp3) is 0.214. The van der Waals surface area contributed by atoms with Crippen LogP contribution in [0.4, 0.5) is 5.69 Å². The van der Waals surface area contributed by atoms with Crippen LogP contribution < -0.4 is 5.32 Å². The minimum atomic E-state index is 0.381. The van der Waals surface area contributed by atoms with Crippen LogP contribution >= 0.6 is 11.3 Å². The van der Waals surface area contributed by atoms with Gasteiger partial charge in [-0.3, -0.25) is 0 Å². The van der Waals surface area contributed by atoms with Crippen LogP contribution in [0.3, 0.4) is 0 Å². The van der Waals surface area contributed by atoms with Crippen LogP contribution in [0, 0.1) is 0 Å². The third kappa shape index (κ3) is 2.56. The van der Waals surface area contributed by atoms with E-state index in [0.717, 1.165) is 28.1 Å². The van der Waals surface area contributed by atoms with Crippen LogP contribution in [0.2, 0.25) is 0 Å². The predicted octanol–water partition coefficient (Wildman–Crippen LogP) is 3.30. The lowest BCUT2D eigenvalue weighted by Crippen LogP contribution is -2.10. The minimum absolute atomic E-state index is 0.381. The molecule has 4 nitrogen and oxygen atoms in total. The molecule has 3 rings (SSSR count). The summed E-state index contributed by atoms with van der Waals surface area (Å²) >= 11 is 1.69. The quantitative estimate of drug-likeness (QED) is 0.790. The number of anilines is 1. The van der Waals surface area contributed by atoms with Crippen molar-refractivity contribution in [1.82, 2.24) is 15.2 Å². The van der Waals surface area contributed by atoms with Crippen molar-refractivity contribution >= 4 is 27.9 Å². The summed E-state index contributed by atoms with van der Waals surface area (Å²) in [6.07, 6.45) is 3.62. The maximum atomic E-state index is 4.34. The summed E-state index contributed by atoms with van der Waals surface area (Å²) in [5.74, 6) is 0.381. The van der Waals surface area contributed by atoms with Gasteiger partial charge in [0.2, 0.25) is 0 Å². The highest BCUT2D eigenvalue weighted by Crippen LogP contribution is 2.22. The van der Waals surface area contributed by atoms with E-state index in [0.29, 0.717) is 5.92 Å². The summed E-state index contributed by atoms with van der Waals surface area (Å²) in [6, 6.07) is 8.01. The molecule has 1 N–H and O–H groups in total. The van der Waals surface area contributed by atoms with E-state index < -0.39 is 0 Å². The topological polar surface area (TPSA) is 50.7 Å². The van der Waals surface area contributed by atoms with Crippen molar-refractivity contribution < 1.29 is 0 Å². The minimum Gasteiger partial charge on any atom is -0.383 e. The molecular weight excluding hydrogens is 256 g/mol. The second-order valence-electron chi connectivity index (χ2n) is 4.43. The molecule has 1 atom stereocenters. The van der Waals surface area contributed by atoms with Crippen molar-refractivity contribution in [3.8, 4) is 0 Å². The Hall–Kier alpha value is -2.01. The highest BCUT2D eigenvalue weighted by atomic mass is 32.1. The van der Waals surface area contributed by atoms with Gasteiger partial charge in [0.25, 0.3) is 0 Å². The normalized spacial score (nSPS) is 12.5. The Labute approximate surface area is 115 Å². The summed E-state index contributed by atoms with van der Waals surface area (Å²) in [4.78, 5) is 4.34. The lowest BCUT2D eigenvalue weighted by atomic mass is 10.1. The Bertz CT molecular complexity index is 661. The van der Waals surface area contributed by atoms with Gasteiger partial charge in [0.05, 0.1) is 22.4 Å². The summed E-state index contributed by atoms with van der Waals surface area (Å²) in [5.41, 5.74) is 1.93. The van der Waals surface area contributed by atoms with E-state index in [4.69, 9.17) is 0 Å². The van der Waals surface area contributed by atoms with E-state index in [1.54, 1.807) is 17.5 Å². The van der Waals surface area contributed by atoms with Gasteiger partial charge in [-0.05, 0) is 6.07 Å². The number of rotatable bonds is 4. The molecular formula is C14H14N4S. The molecule has 0 radical (unpaired) electrons. The van der Waals surface area contributed by atoms with E-state index in [2.05, 4.69) is 33.5 Å². The zero-order valence-electron chi connectivity index (χ0n) is 10.6. The van der Waals surface area contributed by atoms with Gasteiger partial charge in [0.1, 0.15) is 0 Å². The van der Waals surface area contributed by atoms with Gasteiger partial charge in [-0.2, -0.15) is 10.2 Å². The molecule has 1 unspecified atom stereocenters. The van der Waals surface area contributed by atoms with Crippen molar-refractivity contribution in [3.05, 3.63) is 47.0 Å². The fourth-order valence-electron chi connectivity index (χ4n) is 1.98. The highest BCUT2D eigenvalue weighted by molar-refractivity contribution is 7.09. The largest absolute Gasteiger partial charge is 0.383 e. The van der Waals surface area contributed by atoms with Crippen LogP contribution in [-0.4, -0.2) is 21.7 Å². The molecule has 0 aliphatic rings. The van der Waals surface area contributed by atoms with Crippen LogP contribution in [0.25, 0.3) is 10.9 Å². The first-order valence-corrected chi connectivity index (χ1v) is 7.06. The van der Waals surface area contributed by atoms with Crippen molar-refractivity contribution in [2.75, 3.05) is 11.9 Å². The van der Waals surface area contributed by atoms with Crippen molar-refractivity contribution in [2.24, 2.45) is 0 Å². The summed E-state index contributed by atoms with van der Waals surface area (Å²) in [5, 5.41) is 15.8. The van der Waals surface area contributed by atoms with Crippen LogP contribution in [0.1, 0.15) is 17.8 Å². The molecule has 96 valence electrons. The van der Waals surface area contributed by atoms with Crippen molar-refractivity contribution in [2.45, 2.75) is 12.8 Å². The fourth-order valence-corrected chi connectivity index (χ4v) is 2.67. The van der Waals surface area contributed by atoms with Gasteiger partial charge >= 0.3 is 0 Å². The number of aromatic nitrogens is 3. The molecule has 0 aliphatic heterocycles. The molecule has 0 spiro atoms. The summed E-state index contributed by atoms with van der Waals surface area (Å²) < 4.78 is 0. The Kier molecular flexibility index (Phi) is 3.37. The van der Waals surface area contributed by atoms with Gasteiger partial charge in [0, 0.05) is 29.4 Å². The van der Waals surface area contributed by atoms with Crippen molar-refractivity contribution in [3.63, 3.8) is 0 Å². The zero-order chi connectivity index (χ0) is 13.1. The monoisotopic (exact) mass is 270 g/mol. The molecule has 0 aliphatic carbocycles. The molecule has 2 heterocycles. The van der Waals surface area contributed by atoms with Gasteiger partial charge in [-0.25, -0.2) is 4.98 Å². The van der Waals surface area contributed by atoms with Crippen LogP contribution in [-0.2, 0) is 0 Å². The average molecular weight is 270 g/mol. The second kappa shape index (κ2) is 5.32. The number of fused-ring (bicyclic) bond motifs is 1. The van der Waals surface area contributed by atoms with E-state index in [9.17, 15) is 0 Å². The second-order valence-corrected chi connectivity index (χ2v) is 5.35. The smallest absolute Gasteiger partial charge is 0.0970 e. The summed E-state index contributed by atoms with van der Waals surface area (Å²) in [6.45, 7) is 3.01. The first-order chi connectivity index (χ1) is 9.34. The lowest BCUT2D eigenvalue weighted by molar-refractivity contribution is 0.795. The van der Waals surface area contributed by atoms with E-state index >= 15 is 0 Å². The molecule has 3 aromatic rings. The number of thiazole rings is 1. The molecule has 2 aromatic heterocycles. The Morgan fingerprint density at radius 1 is 1.32 bits per heavy atom. The molecule has 0 amide bonds. The number of nitrogens with zero attached hydrogens (tertiary/aromatic N) is 3. The maximum Gasteiger partial charge on any atom is 0.0970 e. The number of hydrogen-bond donors (Lipinski definition) is 1. The lowest BCUT2D eigenvalue weighted by Gasteiger charge is -2.12. The third-order valence-electron chi connectivity index (χ3n) is 3.02. The summed E-state index contributed by atoms with van der Waals surface area (Å²) in [7, 11) is 0. The zero-order valence-corrected chi connectivity index (χ0v) is 11.4. The predicted molar refractivity (Wildman–Crippen MR) is 78.6 cm³/mol. The van der Waals surface area contributed by atoms with Gasteiger partial charge in [0.15, 0.2) is 0 Å². The average Bonchev–Trinajstić information content (AvgIpc) is 2.99. The first-order valence-electron chi connectivity index (χ1n) is 6.18. The van der Waals surface area contributed by atoms with E-state index in [1.165, 1.54) is 0 Å². The molecule has 19 heavy (non-hydrogen) atoms. The van der Waals surface area contributed by atoms with Gasteiger partial charge < -0.3 is 5.32 Å². The molecule has 0 saturated heterocycles. The van der Waals surface area contributed by atoms with Crippen LogP contribution in [0.5, 0.6) is 0 Å². The van der Waals surface area contributed by atoms with Crippen molar-refractivity contribution in [1.29, 1.82) is 0 Å². The Morgan fingerprint density at radius 2 is 2.21 bits per heavy atom. The number of nitrogens with one attached hydrogen (secondary N) is 1. The molecule has 1 aromatic carbocycles. The first kappa shape index (κ1) is 12.0. The Balaban J connectivity index is 1.79. The van der Waals surface area contributed by atoms with E-state index in [-0.39, 0.29) is 0 Å². The molecule has 0 fully saturated rings. The third-order valence-corrected chi connectivity index (χ3v) is 4.03. The number of benzene rings is 1. The van der Waals surface area contributed by atoms with E-state index in [1.807, 2.05) is 29.8 Å². The maximum absolute atomic E-state index is 4.34. The SMILES string of the molecule is CC(CNc1cnnc2ccccc12)c1nccs1.